The molecule has 0 radical (unpaired) electrons. The molecule has 4 aliphatic rings. The molecular weight excluding hydrogens is 584 g/mol. The lowest BCUT2D eigenvalue weighted by Gasteiger charge is -2.23. The summed E-state index contributed by atoms with van der Waals surface area (Å²) in [7, 11) is 0. The summed E-state index contributed by atoms with van der Waals surface area (Å²) in [5, 5.41) is 0. The molecule has 46 heavy (non-hydrogen) atoms. The van der Waals surface area contributed by atoms with Crippen LogP contribution in [0.1, 0.15) is 15.9 Å². The maximum Gasteiger partial charge on any atom is 0.193 e. The van der Waals surface area contributed by atoms with Gasteiger partial charge >= 0.3 is 0 Å². The number of nitrogens with zero attached hydrogens (tertiary/aromatic N) is 2. The van der Waals surface area contributed by atoms with E-state index in [1.807, 2.05) is 48.5 Å². The van der Waals surface area contributed by atoms with Gasteiger partial charge in [-0.05, 0) is 97.1 Å². The number of ketones is 1. The van der Waals surface area contributed by atoms with Crippen LogP contribution in [0.4, 0.5) is 11.4 Å². The Morgan fingerprint density at radius 2 is 0.739 bits per heavy atom. The third kappa shape index (κ3) is 7.68. The number of epoxide rings is 4. The molecule has 4 saturated heterocycles. The fourth-order valence-corrected chi connectivity index (χ4v) is 5.49. The molecule has 4 aromatic carbocycles. The summed E-state index contributed by atoms with van der Waals surface area (Å²) in [6, 6.07) is 30.5. The number of hydrogen-bond acceptors (Lipinski definition) is 9. The van der Waals surface area contributed by atoms with Crippen molar-refractivity contribution in [1.82, 2.24) is 0 Å². The fourth-order valence-electron chi connectivity index (χ4n) is 5.49. The molecule has 4 atom stereocenters. The van der Waals surface area contributed by atoms with Crippen LogP contribution >= 0.6 is 0 Å². The zero-order valence-corrected chi connectivity index (χ0v) is 25.5. The maximum absolute atomic E-state index is 13.2. The van der Waals surface area contributed by atoms with E-state index >= 15 is 0 Å². The molecule has 0 saturated carbocycles. The van der Waals surface area contributed by atoms with Gasteiger partial charge in [0.05, 0.1) is 50.8 Å². The molecule has 0 aromatic heterocycles. The van der Waals surface area contributed by atoms with Crippen molar-refractivity contribution < 1.29 is 33.2 Å². The maximum atomic E-state index is 13.2. The average molecular weight is 621 g/mol. The third-order valence-electron chi connectivity index (χ3n) is 8.41. The first-order chi connectivity index (χ1) is 22.6. The standard InChI is InChI=1S/C37H36N2O7/c40-37(25-1-9-29(10-2-25)45-31-13-5-27(6-14-31)38(17-33-21-41-33)18-34-22-42-34)26-3-11-30(12-4-26)46-32-15-7-28(8-16-32)39(19-35-23-43-35)20-36-24-44-36/h1-16,33-36H,17-24H2. The number of ether oxygens (including phenoxy) is 6. The van der Waals surface area contributed by atoms with E-state index in [1.54, 1.807) is 24.3 Å². The first-order valence-corrected chi connectivity index (χ1v) is 15.9. The van der Waals surface area contributed by atoms with Gasteiger partial charge in [-0.2, -0.15) is 0 Å². The fraction of sp³-hybridized carbons (Fsp3) is 0.324. The van der Waals surface area contributed by atoms with Crippen molar-refractivity contribution in [3.63, 3.8) is 0 Å². The van der Waals surface area contributed by atoms with Crippen LogP contribution in [-0.4, -0.2) is 82.8 Å². The van der Waals surface area contributed by atoms with Gasteiger partial charge in [0.25, 0.3) is 0 Å². The first-order valence-electron chi connectivity index (χ1n) is 15.9. The molecule has 0 amide bonds. The van der Waals surface area contributed by atoms with Crippen LogP contribution in [-0.2, 0) is 18.9 Å². The van der Waals surface area contributed by atoms with Gasteiger partial charge < -0.3 is 38.2 Å². The van der Waals surface area contributed by atoms with Crippen molar-refractivity contribution in [1.29, 1.82) is 0 Å². The summed E-state index contributed by atoms with van der Waals surface area (Å²) in [5.74, 6) is 2.73. The molecule has 4 aliphatic heterocycles. The van der Waals surface area contributed by atoms with E-state index in [0.29, 0.717) is 47.0 Å². The normalized spacial score (nSPS) is 22.1. The van der Waals surface area contributed by atoms with E-state index in [0.717, 1.165) is 75.5 Å². The highest BCUT2D eigenvalue weighted by atomic mass is 16.6. The number of carbonyl (C=O) groups excluding carboxylic acids is 1. The second-order valence-corrected chi connectivity index (χ2v) is 12.2. The molecule has 0 spiro atoms. The van der Waals surface area contributed by atoms with E-state index in [1.165, 1.54) is 0 Å². The van der Waals surface area contributed by atoms with Crippen molar-refractivity contribution in [3.05, 3.63) is 108 Å². The molecular formula is C37H36N2O7. The first kappa shape index (κ1) is 29.0. The zero-order chi connectivity index (χ0) is 30.9. The second-order valence-electron chi connectivity index (χ2n) is 12.2. The lowest BCUT2D eigenvalue weighted by atomic mass is 10.0. The van der Waals surface area contributed by atoms with Crippen LogP contribution in [0, 0.1) is 0 Å². The molecule has 0 bridgehead atoms. The van der Waals surface area contributed by atoms with Crippen LogP contribution < -0.4 is 19.3 Å². The van der Waals surface area contributed by atoms with Gasteiger partial charge in [0.1, 0.15) is 23.0 Å². The monoisotopic (exact) mass is 620 g/mol. The highest BCUT2D eigenvalue weighted by molar-refractivity contribution is 6.09. The number of anilines is 2. The summed E-state index contributed by atoms with van der Waals surface area (Å²) < 4.78 is 33.9. The van der Waals surface area contributed by atoms with E-state index in [9.17, 15) is 4.79 Å². The zero-order valence-electron chi connectivity index (χ0n) is 25.5. The number of carbonyl (C=O) groups is 1. The Labute approximate surface area is 268 Å². The number of hydrogen-bond donors (Lipinski definition) is 0. The molecule has 4 fully saturated rings. The molecule has 0 aliphatic carbocycles. The number of benzene rings is 4. The minimum absolute atomic E-state index is 0.0643. The largest absolute Gasteiger partial charge is 0.457 e. The highest BCUT2D eigenvalue weighted by Crippen LogP contribution is 2.30. The molecule has 4 heterocycles. The smallest absolute Gasteiger partial charge is 0.193 e. The highest BCUT2D eigenvalue weighted by Gasteiger charge is 2.32. The lowest BCUT2D eigenvalue weighted by Crippen LogP contribution is -2.31. The molecule has 236 valence electrons. The predicted octanol–water partition coefficient (Wildman–Crippen LogP) is 5.71. The van der Waals surface area contributed by atoms with Gasteiger partial charge in [-0.1, -0.05) is 0 Å². The van der Waals surface area contributed by atoms with Crippen LogP contribution in [0.3, 0.4) is 0 Å². The lowest BCUT2D eigenvalue weighted by molar-refractivity contribution is 0.103. The quantitative estimate of drug-likeness (QED) is 0.115. The minimum Gasteiger partial charge on any atom is -0.457 e. The summed E-state index contributed by atoms with van der Waals surface area (Å²) in [6.07, 6.45) is 1.23. The van der Waals surface area contributed by atoms with Crippen molar-refractivity contribution in [3.8, 4) is 23.0 Å². The Morgan fingerprint density at radius 1 is 0.478 bits per heavy atom. The molecule has 9 nitrogen and oxygen atoms in total. The Hall–Kier alpha value is -4.41. The van der Waals surface area contributed by atoms with Gasteiger partial charge in [-0.15, -0.1) is 0 Å². The average Bonchev–Trinajstić information content (AvgIpc) is 3.88. The van der Waals surface area contributed by atoms with Crippen molar-refractivity contribution >= 4 is 17.2 Å². The van der Waals surface area contributed by atoms with E-state index in [4.69, 9.17) is 28.4 Å². The van der Waals surface area contributed by atoms with Crippen molar-refractivity contribution in [2.75, 3.05) is 62.4 Å². The van der Waals surface area contributed by atoms with Gasteiger partial charge in [0.2, 0.25) is 0 Å². The third-order valence-corrected chi connectivity index (χ3v) is 8.41. The number of rotatable bonds is 16. The Kier molecular flexibility index (Phi) is 8.06. The van der Waals surface area contributed by atoms with Crippen LogP contribution in [0.15, 0.2) is 97.1 Å². The summed E-state index contributed by atoms with van der Waals surface area (Å²) >= 11 is 0. The van der Waals surface area contributed by atoms with Gasteiger partial charge in [0, 0.05) is 48.7 Å². The molecule has 0 N–H and O–H groups in total. The molecule has 9 heteroatoms. The van der Waals surface area contributed by atoms with Crippen molar-refractivity contribution in [2.45, 2.75) is 24.4 Å². The van der Waals surface area contributed by atoms with Crippen LogP contribution in [0.25, 0.3) is 0 Å². The van der Waals surface area contributed by atoms with Crippen molar-refractivity contribution in [2.24, 2.45) is 0 Å². The van der Waals surface area contributed by atoms with Gasteiger partial charge in [-0.25, -0.2) is 0 Å². The summed E-state index contributed by atoms with van der Waals surface area (Å²) in [5.41, 5.74) is 3.42. The molecule has 8 rings (SSSR count). The molecule has 4 unspecified atom stereocenters. The van der Waals surface area contributed by atoms with E-state index < -0.39 is 0 Å². The Morgan fingerprint density at radius 3 is 1.00 bits per heavy atom. The summed E-state index contributed by atoms with van der Waals surface area (Å²) in [4.78, 5) is 17.8. The van der Waals surface area contributed by atoms with Crippen LogP contribution in [0.2, 0.25) is 0 Å². The van der Waals surface area contributed by atoms with E-state index in [2.05, 4.69) is 34.1 Å². The van der Waals surface area contributed by atoms with Gasteiger partial charge in [-0.3, -0.25) is 4.79 Å². The Bertz CT molecular complexity index is 1480. The topological polar surface area (TPSA) is 92.1 Å². The Balaban J connectivity index is 0.850. The summed E-state index contributed by atoms with van der Waals surface area (Å²) in [6.45, 7) is 6.76. The second kappa shape index (κ2) is 12.8. The minimum atomic E-state index is -0.0643. The van der Waals surface area contributed by atoms with Gasteiger partial charge in [0.15, 0.2) is 5.78 Å². The predicted molar refractivity (Wildman–Crippen MR) is 173 cm³/mol. The SMILES string of the molecule is O=C(c1ccc(Oc2ccc(N(CC3CO3)CC3CO3)cc2)cc1)c1ccc(Oc2ccc(N(CC3CO3)CC3CO3)cc2)cc1. The molecule has 4 aromatic rings. The van der Waals surface area contributed by atoms with E-state index in [-0.39, 0.29) is 5.78 Å². The van der Waals surface area contributed by atoms with Crippen LogP contribution in [0.5, 0.6) is 23.0 Å².